The van der Waals surface area contributed by atoms with Crippen molar-refractivity contribution in [2.75, 3.05) is 0 Å². The summed E-state index contributed by atoms with van der Waals surface area (Å²) < 4.78 is 5.15. The van der Waals surface area contributed by atoms with E-state index >= 15 is 0 Å². The summed E-state index contributed by atoms with van der Waals surface area (Å²) in [4.78, 5) is 23.8. The molecule has 0 aromatic rings. The molecule has 1 N–H and O–H groups in total. The first-order valence-electron chi connectivity index (χ1n) is 11.1. The van der Waals surface area contributed by atoms with Crippen molar-refractivity contribution in [2.24, 2.45) is 34.5 Å². The lowest BCUT2D eigenvalue weighted by atomic mass is 9.44. The Morgan fingerprint density at radius 2 is 1.75 bits per heavy atom. The molecule has 0 aliphatic heterocycles. The Morgan fingerprint density at radius 1 is 1.04 bits per heavy atom. The minimum atomic E-state index is -0.448. The molecule has 5 heteroatoms. The number of carbonyl (C=O) groups excluding carboxylic acids is 2. The molecule has 4 rings (SSSR count). The third-order valence-electron chi connectivity index (χ3n) is 9.56. The van der Waals surface area contributed by atoms with Gasteiger partial charge < -0.3 is 9.84 Å². The first-order valence-corrected chi connectivity index (χ1v) is 11.9. The van der Waals surface area contributed by atoms with Crippen molar-refractivity contribution >= 4 is 27.7 Å². The van der Waals surface area contributed by atoms with E-state index in [9.17, 15) is 14.7 Å². The number of ether oxygens (including phenoxy) is 1. The Labute approximate surface area is 177 Å². The van der Waals surface area contributed by atoms with Gasteiger partial charge in [-0.25, -0.2) is 0 Å². The number of hydrogen-bond acceptors (Lipinski definition) is 4. The van der Waals surface area contributed by atoms with Crippen LogP contribution in [0.25, 0.3) is 0 Å². The number of aliphatic hydroxyl groups excluding tert-OH is 1. The fraction of sp³-hybridized carbons (Fsp3) is 0.913. The molecular formula is C23H35BrO4. The van der Waals surface area contributed by atoms with E-state index in [0.29, 0.717) is 30.0 Å². The fourth-order valence-electron chi connectivity index (χ4n) is 8.20. The van der Waals surface area contributed by atoms with Crippen molar-refractivity contribution in [1.82, 2.24) is 0 Å². The van der Waals surface area contributed by atoms with Gasteiger partial charge in [-0.05, 0) is 80.5 Å². The van der Waals surface area contributed by atoms with E-state index in [1.807, 2.05) is 0 Å². The van der Waals surface area contributed by atoms with E-state index in [1.54, 1.807) is 6.92 Å². The summed E-state index contributed by atoms with van der Waals surface area (Å²) in [5, 5.41) is 11.3. The Bertz CT molecular complexity index is 680. The quantitative estimate of drug-likeness (QED) is 0.486. The molecule has 0 saturated heterocycles. The molecule has 4 aliphatic carbocycles. The molecule has 4 fully saturated rings. The zero-order valence-electron chi connectivity index (χ0n) is 17.7. The van der Waals surface area contributed by atoms with Crippen molar-refractivity contribution in [1.29, 1.82) is 0 Å². The summed E-state index contributed by atoms with van der Waals surface area (Å²) in [5.41, 5.74) is 0.0892. The van der Waals surface area contributed by atoms with Gasteiger partial charge in [0.1, 0.15) is 11.9 Å². The van der Waals surface area contributed by atoms with Crippen molar-refractivity contribution in [3.05, 3.63) is 0 Å². The number of ketones is 1. The molecule has 0 heterocycles. The highest BCUT2D eigenvalue weighted by molar-refractivity contribution is 9.10. The van der Waals surface area contributed by atoms with Crippen LogP contribution < -0.4 is 0 Å². The van der Waals surface area contributed by atoms with E-state index < -0.39 is 10.4 Å². The number of hydrogen-bond donors (Lipinski definition) is 1. The SMILES string of the molecule is CC(=O)OC1CCC2(C)C3CCC4(C)C(C(C)=O)CCC4C3CC(O)C2(Br)C1. The molecule has 0 radical (unpaired) electrons. The lowest BCUT2D eigenvalue weighted by Crippen LogP contribution is -2.66. The van der Waals surface area contributed by atoms with E-state index in [4.69, 9.17) is 4.74 Å². The minimum Gasteiger partial charge on any atom is -0.463 e. The second-order valence-corrected chi connectivity index (χ2v) is 12.1. The van der Waals surface area contributed by atoms with Gasteiger partial charge in [0.2, 0.25) is 0 Å². The minimum absolute atomic E-state index is 0.0123. The zero-order valence-corrected chi connectivity index (χ0v) is 19.3. The van der Waals surface area contributed by atoms with Gasteiger partial charge in [0.05, 0.1) is 10.4 Å². The first-order chi connectivity index (χ1) is 13.0. The second-order valence-electron chi connectivity index (χ2n) is 10.7. The highest BCUT2D eigenvalue weighted by atomic mass is 79.9. The Morgan fingerprint density at radius 3 is 2.39 bits per heavy atom. The van der Waals surface area contributed by atoms with E-state index in [0.717, 1.165) is 44.9 Å². The van der Waals surface area contributed by atoms with Crippen LogP contribution >= 0.6 is 15.9 Å². The van der Waals surface area contributed by atoms with Crippen molar-refractivity contribution in [2.45, 2.75) is 95.6 Å². The monoisotopic (exact) mass is 454 g/mol. The van der Waals surface area contributed by atoms with Gasteiger partial charge in [0.15, 0.2) is 0 Å². The summed E-state index contributed by atoms with van der Waals surface area (Å²) in [7, 11) is 0. The largest absolute Gasteiger partial charge is 0.463 e. The van der Waals surface area contributed by atoms with Crippen LogP contribution in [-0.2, 0) is 14.3 Å². The van der Waals surface area contributed by atoms with Crippen molar-refractivity contribution in [3.8, 4) is 0 Å². The maximum Gasteiger partial charge on any atom is 0.302 e. The molecule has 0 aromatic heterocycles. The molecule has 0 aromatic carbocycles. The highest BCUT2D eigenvalue weighted by Gasteiger charge is 2.67. The number of aliphatic hydroxyl groups is 1. The predicted molar refractivity (Wildman–Crippen MR) is 111 cm³/mol. The van der Waals surface area contributed by atoms with Crippen molar-refractivity contribution in [3.63, 3.8) is 0 Å². The molecule has 9 unspecified atom stereocenters. The van der Waals surface area contributed by atoms with Crippen LogP contribution in [0.4, 0.5) is 0 Å². The number of carbonyl (C=O) groups is 2. The summed E-state index contributed by atoms with van der Waals surface area (Å²) in [6.07, 6.45) is 7.15. The Kier molecular flexibility index (Phi) is 5.06. The number of halogens is 1. The van der Waals surface area contributed by atoms with Crippen LogP contribution in [0.15, 0.2) is 0 Å². The molecule has 158 valence electrons. The molecule has 0 spiro atoms. The van der Waals surface area contributed by atoms with Crippen LogP contribution in [0.1, 0.15) is 79.1 Å². The Hall–Kier alpha value is -0.420. The number of Topliss-reactive ketones (excluding diaryl/α,β-unsaturated/α-hetero) is 1. The van der Waals surface area contributed by atoms with Gasteiger partial charge in [0, 0.05) is 19.3 Å². The lowest BCUT2D eigenvalue weighted by molar-refractivity contribution is -0.170. The van der Waals surface area contributed by atoms with Crippen LogP contribution in [0, 0.1) is 34.5 Å². The van der Waals surface area contributed by atoms with Gasteiger partial charge in [-0.1, -0.05) is 29.8 Å². The average Bonchev–Trinajstić information content (AvgIpc) is 2.95. The number of alkyl halides is 1. The second kappa shape index (κ2) is 6.80. The summed E-state index contributed by atoms with van der Waals surface area (Å²) in [6.45, 7) is 7.93. The average molecular weight is 455 g/mol. The number of esters is 1. The fourth-order valence-corrected chi connectivity index (χ4v) is 9.24. The molecule has 4 saturated carbocycles. The van der Waals surface area contributed by atoms with Crippen LogP contribution in [0.2, 0.25) is 0 Å². The Balaban J connectivity index is 1.63. The highest BCUT2D eigenvalue weighted by Crippen LogP contribution is 2.70. The molecule has 0 bridgehead atoms. The van der Waals surface area contributed by atoms with Crippen molar-refractivity contribution < 1.29 is 19.4 Å². The summed E-state index contributed by atoms with van der Waals surface area (Å²) in [6, 6.07) is 0. The number of rotatable bonds is 2. The molecule has 28 heavy (non-hydrogen) atoms. The molecule has 4 aliphatic rings. The predicted octanol–water partition coefficient (Wildman–Crippen LogP) is 4.65. The van der Waals surface area contributed by atoms with Gasteiger partial charge in [-0.15, -0.1) is 0 Å². The molecular weight excluding hydrogens is 420 g/mol. The van der Waals surface area contributed by atoms with Gasteiger partial charge >= 0.3 is 5.97 Å². The summed E-state index contributed by atoms with van der Waals surface area (Å²) >= 11 is 4.01. The van der Waals surface area contributed by atoms with E-state index in [-0.39, 0.29) is 28.8 Å². The topological polar surface area (TPSA) is 63.6 Å². The standard InChI is InChI=1S/C23H35BrO4/c1-13(25)17-5-6-18-16-11-20(27)23(24)12-15(28-14(2)26)7-10-22(23,4)19(16)8-9-21(17,18)3/h15-20,27H,5-12H2,1-4H3. The third-order valence-corrected chi connectivity index (χ3v) is 11.3. The van der Waals surface area contributed by atoms with Crippen LogP contribution in [-0.4, -0.2) is 33.4 Å². The maximum atomic E-state index is 12.3. The third kappa shape index (κ3) is 2.78. The molecule has 4 nitrogen and oxygen atoms in total. The maximum absolute atomic E-state index is 12.3. The van der Waals surface area contributed by atoms with E-state index in [2.05, 4.69) is 29.8 Å². The molecule has 9 atom stereocenters. The zero-order chi connectivity index (χ0) is 20.5. The van der Waals surface area contributed by atoms with Gasteiger partial charge in [-0.3, -0.25) is 9.59 Å². The van der Waals surface area contributed by atoms with Gasteiger partial charge in [-0.2, -0.15) is 0 Å². The van der Waals surface area contributed by atoms with Crippen LogP contribution in [0.3, 0.4) is 0 Å². The van der Waals surface area contributed by atoms with Gasteiger partial charge in [0.25, 0.3) is 0 Å². The number of fused-ring (bicyclic) bond motifs is 5. The molecule has 0 amide bonds. The van der Waals surface area contributed by atoms with Crippen LogP contribution in [0.5, 0.6) is 0 Å². The normalized spacial score (nSPS) is 52.9. The summed E-state index contributed by atoms with van der Waals surface area (Å²) in [5.74, 6) is 1.88. The first kappa shape index (κ1) is 20.8. The van der Waals surface area contributed by atoms with E-state index in [1.165, 1.54) is 6.92 Å². The lowest BCUT2D eigenvalue weighted by Gasteiger charge is -2.65. The smallest absolute Gasteiger partial charge is 0.302 e.